The van der Waals surface area contributed by atoms with Crippen LogP contribution in [0.3, 0.4) is 0 Å². The van der Waals surface area contributed by atoms with Crippen LogP contribution in [0.5, 0.6) is 0 Å². The van der Waals surface area contributed by atoms with Crippen molar-refractivity contribution in [3.8, 4) is 0 Å². The first-order valence-corrected chi connectivity index (χ1v) is 4.99. The molecular formula is C9H14F2N2O. The van der Waals surface area contributed by atoms with Gasteiger partial charge in [-0.25, -0.2) is 0 Å². The van der Waals surface area contributed by atoms with Gasteiger partial charge in [-0.1, -0.05) is 0 Å². The number of hydrogen-bond acceptors (Lipinski definition) is 2. The predicted octanol–water partition coefficient (Wildman–Crippen LogP) is 0.462. The van der Waals surface area contributed by atoms with E-state index in [1.165, 1.54) is 4.90 Å². The molecule has 1 N–H and O–H groups in total. The Morgan fingerprint density at radius 1 is 1.43 bits per heavy atom. The Bertz CT molecular complexity index is 221. The van der Waals surface area contributed by atoms with Crippen molar-refractivity contribution >= 4 is 5.91 Å². The van der Waals surface area contributed by atoms with Gasteiger partial charge in [-0.15, -0.1) is 0 Å². The summed E-state index contributed by atoms with van der Waals surface area (Å²) in [6.07, 6.45) is -0.724. The van der Waals surface area contributed by atoms with Crippen molar-refractivity contribution in [3.05, 3.63) is 0 Å². The number of hydrogen-bond donors (Lipinski definition) is 1. The van der Waals surface area contributed by atoms with Crippen LogP contribution >= 0.6 is 0 Å². The monoisotopic (exact) mass is 204 g/mol. The van der Waals surface area contributed by atoms with Gasteiger partial charge in [-0.2, -0.15) is 8.78 Å². The summed E-state index contributed by atoms with van der Waals surface area (Å²) in [5, 5.41) is 3.27. The van der Waals surface area contributed by atoms with E-state index in [0.717, 1.165) is 19.4 Å². The molecule has 0 aromatic rings. The van der Waals surface area contributed by atoms with Crippen LogP contribution in [0.15, 0.2) is 0 Å². The van der Waals surface area contributed by atoms with Gasteiger partial charge in [-0.3, -0.25) is 4.79 Å². The van der Waals surface area contributed by atoms with Crippen molar-refractivity contribution in [2.75, 3.05) is 19.6 Å². The van der Waals surface area contributed by atoms with Gasteiger partial charge in [-0.05, 0) is 25.3 Å². The van der Waals surface area contributed by atoms with Gasteiger partial charge < -0.3 is 10.2 Å². The minimum absolute atomic E-state index is 0.242. The summed E-state index contributed by atoms with van der Waals surface area (Å²) in [7, 11) is 0. The van der Waals surface area contributed by atoms with Crippen LogP contribution in [0.2, 0.25) is 0 Å². The fraction of sp³-hybridized carbons (Fsp3) is 0.889. The Kier molecular flexibility index (Phi) is 2.67. The van der Waals surface area contributed by atoms with Gasteiger partial charge in [0.1, 0.15) is 0 Å². The van der Waals surface area contributed by atoms with Crippen LogP contribution in [0, 0.1) is 5.92 Å². The van der Waals surface area contributed by atoms with Crippen LogP contribution in [-0.2, 0) is 4.79 Å². The highest BCUT2D eigenvalue weighted by Crippen LogP contribution is 2.25. The number of nitrogens with zero attached hydrogens (tertiary/aromatic N) is 1. The van der Waals surface area contributed by atoms with Crippen LogP contribution in [0.4, 0.5) is 8.78 Å². The van der Waals surface area contributed by atoms with Gasteiger partial charge >= 0.3 is 6.43 Å². The van der Waals surface area contributed by atoms with Crippen molar-refractivity contribution in [1.29, 1.82) is 0 Å². The number of likely N-dealkylation sites (tertiary alicyclic amines) is 1. The number of amides is 1. The van der Waals surface area contributed by atoms with Crippen LogP contribution < -0.4 is 5.32 Å². The standard InChI is InChI=1S/C9H14F2N2O/c10-8(11)9(14)13-4-6-2-1-3-12-7(6)5-13/h6-8,12H,1-5H2/t6-,7+/m0/s1. The molecule has 14 heavy (non-hydrogen) atoms. The fourth-order valence-electron chi connectivity index (χ4n) is 2.36. The van der Waals surface area contributed by atoms with E-state index in [2.05, 4.69) is 5.32 Å². The number of carbonyl (C=O) groups is 1. The minimum Gasteiger partial charge on any atom is -0.336 e. The van der Waals surface area contributed by atoms with Gasteiger partial charge in [0.05, 0.1) is 0 Å². The highest BCUT2D eigenvalue weighted by Gasteiger charge is 2.38. The maximum Gasteiger partial charge on any atom is 0.315 e. The van der Waals surface area contributed by atoms with E-state index in [0.29, 0.717) is 19.0 Å². The molecule has 0 saturated carbocycles. The first-order chi connectivity index (χ1) is 6.68. The topological polar surface area (TPSA) is 32.3 Å². The zero-order valence-electron chi connectivity index (χ0n) is 7.88. The Labute approximate surface area is 81.4 Å². The Morgan fingerprint density at radius 3 is 2.86 bits per heavy atom. The molecular weight excluding hydrogens is 190 g/mol. The first-order valence-electron chi connectivity index (χ1n) is 4.99. The summed E-state index contributed by atoms with van der Waals surface area (Å²) in [5.74, 6) is -0.632. The number of fused-ring (bicyclic) bond motifs is 1. The number of carbonyl (C=O) groups excluding carboxylic acids is 1. The molecule has 3 nitrogen and oxygen atoms in total. The average molecular weight is 204 g/mol. The zero-order valence-corrected chi connectivity index (χ0v) is 7.88. The molecule has 2 saturated heterocycles. The molecule has 2 atom stereocenters. The number of halogens is 2. The highest BCUT2D eigenvalue weighted by atomic mass is 19.3. The van der Waals surface area contributed by atoms with E-state index in [1.54, 1.807) is 0 Å². The van der Waals surface area contributed by atoms with Crippen molar-refractivity contribution < 1.29 is 13.6 Å². The van der Waals surface area contributed by atoms with Crippen LogP contribution in [-0.4, -0.2) is 42.9 Å². The molecule has 0 radical (unpaired) electrons. The molecule has 0 spiro atoms. The molecule has 0 aromatic carbocycles. The number of alkyl halides is 2. The molecule has 2 aliphatic rings. The van der Waals surface area contributed by atoms with E-state index >= 15 is 0 Å². The lowest BCUT2D eigenvalue weighted by atomic mass is 9.94. The second-order valence-corrected chi connectivity index (χ2v) is 4.01. The summed E-state index contributed by atoms with van der Waals surface area (Å²) in [4.78, 5) is 12.3. The summed E-state index contributed by atoms with van der Waals surface area (Å²) in [6.45, 7) is 1.90. The molecule has 0 aromatic heterocycles. The van der Waals surface area contributed by atoms with Crippen molar-refractivity contribution in [2.45, 2.75) is 25.3 Å². The SMILES string of the molecule is O=C(C(F)F)N1C[C@@H]2CCCN[C@@H]2C1. The molecule has 1 amide bonds. The van der Waals surface area contributed by atoms with Gasteiger partial charge in [0.25, 0.3) is 5.91 Å². The quantitative estimate of drug-likeness (QED) is 0.673. The Morgan fingerprint density at radius 2 is 2.21 bits per heavy atom. The maximum absolute atomic E-state index is 12.1. The molecule has 2 fully saturated rings. The zero-order chi connectivity index (χ0) is 10.1. The Balaban J connectivity index is 1.95. The minimum atomic E-state index is -2.85. The summed E-state index contributed by atoms with van der Waals surface area (Å²) in [5.41, 5.74) is 0. The first kappa shape index (κ1) is 9.83. The smallest absolute Gasteiger partial charge is 0.315 e. The predicted molar refractivity (Wildman–Crippen MR) is 47.1 cm³/mol. The lowest BCUT2D eigenvalue weighted by molar-refractivity contribution is -0.141. The van der Waals surface area contributed by atoms with E-state index in [9.17, 15) is 13.6 Å². The summed E-state index contributed by atoms with van der Waals surface area (Å²) < 4.78 is 24.3. The van der Waals surface area contributed by atoms with Gasteiger partial charge in [0.15, 0.2) is 0 Å². The number of piperidine rings is 1. The van der Waals surface area contributed by atoms with E-state index in [4.69, 9.17) is 0 Å². The second-order valence-electron chi connectivity index (χ2n) is 4.01. The van der Waals surface area contributed by atoms with Crippen LogP contribution in [0.25, 0.3) is 0 Å². The van der Waals surface area contributed by atoms with E-state index in [-0.39, 0.29) is 6.04 Å². The Hall–Kier alpha value is -0.710. The van der Waals surface area contributed by atoms with E-state index < -0.39 is 12.3 Å². The molecule has 2 heterocycles. The molecule has 0 bridgehead atoms. The lowest BCUT2D eigenvalue weighted by Gasteiger charge is -2.24. The number of rotatable bonds is 1. The molecule has 5 heteroatoms. The molecule has 80 valence electrons. The van der Waals surface area contributed by atoms with Crippen molar-refractivity contribution in [2.24, 2.45) is 5.92 Å². The summed E-state index contributed by atoms with van der Waals surface area (Å²) >= 11 is 0. The van der Waals surface area contributed by atoms with Gasteiger partial charge in [0.2, 0.25) is 0 Å². The molecule has 0 aliphatic carbocycles. The fourth-order valence-corrected chi connectivity index (χ4v) is 2.36. The number of nitrogens with one attached hydrogen (secondary N) is 1. The summed E-state index contributed by atoms with van der Waals surface area (Å²) in [6, 6.07) is 0.242. The molecule has 0 unspecified atom stereocenters. The third kappa shape index (κ3) is 1.73. The highest BCUT2D eigenvalue weighted by molar-refractivity contribution is 5.79. The molecule has 2 rings (SSSR count). The molecule has 2 aliphatic heterocycles. The maximum atomic E-state index is 12.1. The van der Waals surface area contributed by atoms with Crippen LogP contribution in [0.1, 0.15) is 12.8 Å². The van der Waals surface area contributed by atoms with E-state index in [1.807, 2.05) is 0 Å². The van der Waals surface area contributed by atoms with Crippen molar-refractivity contribution in [1.82, 2.24) is 10.2 Å². The average Bonchev–Trinajstić information content (AvgIpc) is 2.59. The largest absolute Gasteiger partial charge is 0.336 e. The third-order valence-electron chi connectivity index (χ3n) is 3.10. The third-order valence-corrected chi connectivity index (χ3v) is 3.10. The second kappa shape index (κ2) is 3.81. The normalized spacial score (nSPS) is 32.1. The lowest BCUT2D eigenvalue weighted by Crippen LogP contribution is -2.41. The van der Waals surface area contributed by atoms with Crippen molar-refractivity contribution in [3.63, 3.8) is 0 Å². The van der Waals surface area contributed by atoms with Gasteiger partial charge in [0, 0.05) is 19.1 Å².